The molecule has 2 N–H and O–H groups in total. The van der Waals surface area contributed by atoms with Crippen LogP contribution in [0.4, 0.5) is 11.4 Å². The second-order valence-corrected chi connectivity index (χ2v) is 7.65. The largest absolute Gasteiger partial charge is 0.459 e. The average Bonchev–Trinajstić information content (AvgIpc) is 3.28. The summed E-state index contributed by atoms with van der Waals surface area (Å²) in [5, 5.41) is 5.64. The zero-order chi connectivity index (χ0) is 21.5. The van der Waals surface area contributed by atoms with Crippen LogP contribution in [0.25, 0.3) is 0 Å². The van der Waals surface area contributed by atoms with E-state index >= 15 is 0 Å². The van der Waals surface area contributed by atoms with E-state index in [-0.39, 0.29) is 17.6 Å². The SMILES string of the molecule is O=C(Nc1cccc(NC(=O)c2occc2CSc2ccccc2)c1)c1ccncc1. The molecule has 2 aromatic heterocycles. The van der Waals surface area contributed by atoms with Crippen molar-refractivity contribution in [3.63, 3.8) is 0 Å². The molecule has 4 aromatic rings. The molecule has 0 spiro atoms. The molecule has 0 aliphatic rings. The normalized spacial score (nSPS) is 10.5. The fourth-order valence-corrected chi connectivity index (χ4v) is 3.79. The number of nitrogens with one attached hydrogen (secondary N) is 2. The van der Waals surface area contributed by atoms with Crippen molar-refractivity contribution in [3.05, 3.63) is 108 Å². The Labute approximate surface area is 183 Å². The molecule has 0 radical (unpaired) electrons. The minimum Gasteiger partial charge on any atom is -0.459 e. The summed E-state index contributed by atoms with van der Waals surface area (Å²) in [5.41, 5.74) is 2.43. The van der Waals surface area contributed by atoms with Crippen LogP contribution in [-0.4, -0.2) is 16.8 Å². The van der Waals surface area contributed by atoms with Gasteiger partial charge in [-0.25, -0.2) is 0 Å². The van der Waals surface area contributed by atoms with Gasteiger partial charge in [-0.15, -0.1) is 11.8 Å². The average molecular weight is 430 g/mol. The van der Waals surface area contributed by atoms with Crippen LogP contribution in [0.1, 0.15) is 26.5 Å². The maximum absolute atomic E-state index is 12.8. The van der Waals surface area contributed by atoms with Gasteiger partial charge in [-0.05, 0) is 48.5 Å². The third-order valence-electron chi connectivity index (χ3n) is 4.41. The number of thioether (sulfide) groups is 1. The van der Waals surface area contributed by atoms with E-state index in [0.717, 1.165) is 10.5 Å². The standard InChI is InChI=1S/C24H19N3O3S/c28-23(17-9-12-25-13-10-17)26-19-5-4-6-20(15-19)27-24(29)22-18(11-14-30-22)16-31-21-7-2-1-3-8-21/h1-15H,16H2,(H,26,28)(H,27,29). The number of carbonyl (C=O) groups excluding carboxylic acids is 2. The Morgan fingerprint density at radius 2 is 1.55 bits per heavy atom. The van der Waals surface area contributed by atoms with Gasteiger partial charge in [-0.2, -0.15) is 0 Å². The van der Waals surface area contributed by atoms with E-state index in [9.17, 15) is 9.59 Å². The highest BCUT2D eigenvalue weighted by Crippen LogP contribution is 2.25. The highest BCUT2D eigenvalue weighted by Gasteiger charge is 2.16. The molecule has 0 atom stereocenters. The Morgan fingerprint density at radius 1 is 0.839 bits per heavy atom. The molecule has 2 aromatic carbocycles. The third kappa shape index (κ3) is 5.40. The lowest BCUT2D eigenvalue weighted by atomic mass is 10.2. The van der Waals surface area contributed by atoms with Crippen LogP contribution in [0.15, 0.2) is 101 Å². The van der Waals surface area contributed by atoms with Crippen LogP contribution in [0.3, 0.4) is 0 Å². The number of pyridine rings is 1. The lowest BCUT2D eigenvalue weighted by molar-refractivity contribution is 0.0994. The summed E-state index contributed by atoms with van der Waals surface area (Å²) >= 11 is 1.63. The molecule has 4 rings (SSSR count). The molecule has 0 unspecified atom stereocenters. The van der Waals surface area contributed by atoms with Gasteiger partial charge in [0.1, 0.15) is 0 Å². The van der Waals surface area contributed by atoms with Gasteiger partial charge >= 0.3 is 0 Å². The van der Waals surface area contributed by atoms with Crippen LogP contribution >= 0.6 is 11.8 Å². The summed E-state index contributed by atoms with van der Waals surface area (Å²) in [6.45, 7) is 0. The highest BCUT2D eigenvalue weighted by atomic mass is 32.2. The van der Waals surface area contributed by atoms with Crippen molar-refractivity contribution in [3.8, 4) is 0 Å². The lowest BCUT2D eigenvalue weighted by Crippen LogP contribution is -2.14. The number of carbonyl (C=O) groups is 2. The molecule has 2 heterocycles. The molecule has 0 saturated heterocycles. The second-order valence-electron chi connectivity index (χ2n) is 6.60. The van der Waals surface area contributed by atoms with E-state index in [0.29, 0.717) is 22.7 Å². The minimum atomic E-state index is -0.341. The van der Waals surface area contributed by atoms with Gasteiger partial charge in [-0.1, -0.05) is 24.3 Å². The van der Waals surface area contributed by atoms with Gasteiger partial charge in [0.2, 0.25) is 0 Å². The lowest BCUT2D eigenvalue weighted by Gasteiger charge is -2.09. The number of benzene rings is 2. The van der Waals surface area contributed by atoms with Crippen LogP contribution in [0.5, 0.6) is 0 Å². The van der Waals surface area contributed by atoms with E-state index in [2.05, 4.69) is 15.6 Å². The minimum absolute atomic E-state index is 0.253. The number of nitrogens with zero attached hydrogens (tertiary/aromatic N) is 1. The smallest absolute Gasteiger partial charge is 0.291 e. The molecule has 154 valence electrons. The topological polar surface area (TPSA) is 84.2 Å². The predicted molar refractivity (Wildman–Crippen MR) is 121 cm³/mol. The molecule has 0 bridgehead atoms. The van der Waals surface area contributed by atoms with Crippen molar-refractivity contribution in [2.24, 2.45) is 0 Å². The van der Waals surface area contributed by atoms with Crippen molar-refractivity contribution >= 4 is 35.0 Å². The van der Waals surface area contributed by atoms with Crippen molar-refractivity contribution in [2.75, 3.05) is 10.6 Å². The van der Waals surface area contributed by atoms with E-state index in [1.807, 2.05) is 30.3 Å². The molecule has 2 amide bonds. The van der Waals surface area contributed by atoms with Gasteiger partial charge in [0.15, 0.2) is 5.76 Å². The molecular weight excluding hydrogens is 410 g/mol. The second kappa shape index (κ2) is 9.77. The van der Waals surface area contributed by atoms with Crippen molar-refractivity contribution in [1.29, 1.82) is 0 Å². The van der Waals surface area contributed by atoms with Crippen LogP contribution in [0, 0.1) is 0 Å². The van der Waals surface area contributed by atoms with Gasteiger partial charge in [0.25, 0.3) is 11.8 Å². The molecule has 31 heavy (non-hydrogen) atoms. The van der Waals surface area contributed by atoms with Gasteiger partial charge in [-0.3, -0.25) is 14.6 Å². The molecule has 0 fully saturated rings. The highest BCUT2D eigenvalue weighted by molar-refractivity contribution is 7.98. The predicted octanol–water partition coefficient (Wildman–Crippen LogP) is 5.47. The zero-order valence-corrected chi connectivity index (χ0v) is 17.3. The maximum Gasteiger partial charge on any atom is 0.291 e. The molecule has 7 heteroatoms. The molecule has 0 aliphatic heterocycles. The van der Waals surface area contributed by atoms with Crippen molar-refractivity contribution < 1.29 is 14.0 Å². The van der Waals surface area contributed by atoms with Crippen molar-refractivity contribution in [1.82, 2.24) is 4.98 Å². The summed E-state index contributed by atoms with van der Waals surface area (Å²) in [6, 6.07) is 22.0. The summed E-state index contributed by atoms with van der Waals surface area (Å²) in [5.74, 6) is 0.295. The summed E-state index contributed by atoms with van der Waals surface area (Å²) in [6.07, 6.45) is 4.63. The number of hydrogen-bond acceptors (Lipinski definition) is 5. The van der Waals surface area contributed by atoms with E-state index in [1.54, 1.807) is 66.6 Å². The van der Waals surface area contributed by atoms with Gasteiger partial charge < -0.3 is 15.1 Å². The quantitative estimate of drug-likeness (QED) is 0.381. The summed E-state index contributed by atoms with van der Waals surface area (Å²) in [7, 11) is 0. The maximum atomic E-state index is 12.8. The number of aromatic nitrogens is 1. The number of amides is 2. The molecule has 6 nitrogen and oxygen atoms in total. The number of hydrogen-bond donors (Lipinski definition) is 2. The Kier molecular flexibility index (Phi) is 6.44. The fourth-order valence-electron chi connectivity index (χ4n) is 2.90. The van der Waals surface area contributed by atoms with E-state index in [4.69, 9.17) is 4.42 Å². The molecular formula is C24H19N3O3S. The van der Waals surface area contributed by atoms with Crippen LogP contribution in [-0.2, 0) is 5.75 Å². The Hall–Kier alpha value is -3.84. The Balaban J connectivity index is 1.41. The molecule has 0 aliphatic carbocycles. The van der Waals surface area contributed by atoms with Crippen LogP contribution < -0.4 is 10.6 Å². The van der Waals surface area contributed by atoms with Gasteiger partial charge in [0, 0.05) is 45.5 Å². The monoisotopic (exact) mass is 429 g/mol. The zero-order valence-electron chi connectivity index (χ0n) is 16.4. The third-order valence-corrected chi connectivity index (χ3v) is 5.47. The first-order valence-electron chi connectivity index (χ1n) is 9.56. The summed E-state index contributed by atoms with van der Waals surface area (Å²) in [4.78, 5) is 30.1. The number of rotatable bonds is 7. The Bertz CT molecular complexity index is 1180. The van der Waals surface area contributed by atoms with E-state index in [1.165, 1.54) is 6.26 Å². The van der Waals surface area contributed by atoms with E-state index < -0.39 is 0 Å². The fraction of sp³-hybridized carbons (Fsp3) is 0.0417. The number of anilines is 2. The number of furan rings is 1. The Morgan fingerprint density at radius 3 is 2.29 bits per heavy atom. The van der Waals surface area contributed by atoms with Crippen LogP contribution in [0.2, 0.25) is 0 Å². The first-order valence-corrected chi connectivity index (χ1v) is 10.5. The first kappa shape index (κ1) is 20.4. The first-order chi connectivity index (χ1) is 15.2. The van der Waals surface area contributed by atoms with Crippen molar-refractivity contribution in [2.45, 2.75) is 10.6 Å². The van der Waals surface area contributed by atoms with Gasteiger partial charge in [0.05, 0.1) is 6.26 Å². The molecule has 0 saturated carbocycles. The summed E-state index contributed by atoms with van der Waals surface area (Å²) < 4.78 is 5.44.